The predicted octanol–water partition coefficient (Wildman–Crippen LogP) is 2.27. The number of nitrogens with zero attached hydrogens (tertiary/aromatic N) is 2. The van der Waals surface area contributed by atoms with Crippen LogP contribution in [0.15, 0.2) is 24.8 Å². The van der Waals surface area contributed by atoms with Gasteiger partial charge in [-0.1, -0.05) is 20.8 Å². The molecule has 0 unspecified atom stereocenters. The van der Waals surface area contributed by atoms with Gasteiger partial charge in [-0.3, -0.25) is 4.79 Å². The Bertz CT molecular complexity index is 217. The lowest BCUT2D eigenvalue weighted by Crippen LogP contribution is -2.13. The van der Waals surface area contributed by atoms with E-state index in [-0.39, 0.29) is 10.7 Å². The van der Waals surface area contributed by atoms with E-state index in [4.69, 9.17) is 11.6 Å². The molecule has 1 aromatic rings. The molecule has 0 bridgehead atoms. The van der Waals surface area contributed by atoms with E-state index in [9.17, 15) is 4.79 Å². The molecule has 0 saturated heterocycles. The van der Waals surface area contributed by atoms with Crippen molar-refractivity contribution in [2.24, 2.45) is 5.41 Å². The molecule has 0 saturated carbocycles. The van der Waals surface area contributed by atoms with Crippen LogP contribution in [-0.4, -0.2) is 15.2 Å². The zero-order valence-electron chi connectivity index (χ0n) is 7.99. The van der Waals surface area contributed by atoms with Gasteiger partial charge in [-0.15, -0.1) is 0 Å². The smallest absolute Gasteiger partial charge is 0.226 e. The number of hydrogen-bond donors (Lipinski definition) is 0. The monoisotopic (exact) mass is 200 g/mol. The molecule has 1 rings (SSSR count). The summed E-state index contributed by atoms with van der Waals surface area (Å²) in [6.45, 7) is 5.34. The van der Waals surface area contributed by atoms with Crippen molar-refractivity contribution in [3.63, 3.8) is 0 Å². The van der Waals surface area contributed by atoms with Crippen LogP contribution in [0.4, 0.5) is 0 Å². The number of carbonyl (C=O) groups excluding carboxylic acids is 1. The minimum absolute atomic E-state index is 0.285. The van der Waals surface area contributed by atoms with Gasteiger partial charge < -0.3 is 0 Å². The highest BCUT2D eigenvalue weighted by Crippen LogP contribution is 2.15. The number of rotatable bonds is 0. The lowest BCUT2D eigenvalue weighted by Gasteiger charge is -2.08. The fraction of sp³-hybridized carbons (Fsp3) is 0.444. The largest absolute Gasteiger partial charge is 0.281 e. The predicted molar refractivity (Wildman–Crippen MR) is 52.3 cm³/mol. The molecule has 0 aromatic carbocycles. The summed E-state index contributed by atoms with van der Waals surface area (Å²) in [4.78, 5) is 17.6. The fourth-order valence-corrected chi connectivity index (χ4v) is 0.253. The Kier molecular flexibility index (Phi) is 5.23. The molecule has 0 amide bonds. The van der Waals surface area contributed by atoms with Crippen molar-refractivity contribution in [2.75, 3.05) is 0 Å². The quantitative estimate of drug-likeness (QED) is 0.604. The minimum Gasteiger partial charge on any atom is -0.281 e. The third-order valence-electron chi connectivity index (χ3n) is 1.07. The van der Waals surface area contributed by atoms with Crippen molar-refractivity contribution in [3.05, 3.63) is 24.8 Å². The summed E-state index contributed by atoms with van der Waals surface area (Å²) in [6.07, 6.45) is 4.88. The van der Waals surface area contributed by atoms with E-state index >= 15 is 0 Å². The second-order valence-electron chi connectivity index (χ2n) is 3.43. The van der Waals surface area contributed by atoms with Gasteiger partial charge in [0.05, 0.1) is 0 Å². The lowest BCUT2D eigenvalue weighted by molar-refractivity contribution is -0.118. The standard InChI is InChI=1S/C5H9ClO.C4H4N2/c1-5(2,3)4(6)7;1-2-5-4-6-3-1/h1-3H3;1-4H. The third kappa shape index (κ3) is 7.40. The molecule has 3 nitrogen and oxygen atoms in total. The van der Waals surface area contributed by atoms with Crippen molar-refractivity contribution in [3.8, 4) is 0 Å². The second-order valence-corrected chi connectivity index (χ2v) is 3.77. The Labute approximate surface area is 83.2 Å². The summed E-state index contributed by atoms with van der Waals surface area (Å²) in [5.41, 5.74) is -0.373. The van der Waals surface area contributed by atoms with Crippen LogP contribution in [-0.2, 0) is 4.79 Å². The summed E-state index contributed by atoms with van der Waals surface area (Å²) in [6, 6.07) is 1.78. The highest BCUT2D eigenvalue weighted by Gasteiger charge is 2.17. The molecular formula is C9H13ClN2O. The first-order valence-electron chi connectivity index (χ1n) is 3.84. The van der Waals surface area contributed by atoms with Crippen LogP contribution in [0.2, 0.25) is 0 Å². The molecule has 0 spiro atoms. The van der Waals surface area contributed by atoms with Gasteiger partial charge in [0.1, 0.15) is 6.33 Å². The van der Waals surface area contributed by atoms with E-state index in [1.54, 1.807) is 39.2 Å². The number of hydrogen-bond acceptors (Lipinski definition) is 3. The van der Waals surface area contributed by atoms with Crippen LogP contribution < -0.4 is 0 Å². The fourth-order valence-electron chi connectivity index (χ4n) is 0.253. The number of aromatic nitrogens is 2. The molecule has 0 N–H and O–H groups in total. The van der Waals surface area contributed by atoms with Crippen molar-refractivity contribution < 1.29 is 4.79 Å². The van der Waals surface area contributed by atoms with Gasteiger partial charge in [0, 0.05) is 17.8 Å². The van der Waals surface area contributed by atoms with Gasteiger partial charge in [0.25, 0.3) is 0 Å². The third-order valence-corrected chi connectivity index (χ3v) is 1.63. The molecule has 0 aliphatic rings. The van der Waals surface area contributed by atoms with Gasteiger partial charge in [-0.25, -0.2) is 9.97 Å². The van der Waals surface area contributed by atoms with E-state index in [2.05, 4.69) is 9.97 Å². The van der Waals surface area contributed by atoms with Gasteiger partial charge in [0.15, 0.2) is 0 Å². The zero-order valence-corrected chi connectivity index (χ0v) is 8.75. The average Bonchev–Trinajstić information content (AvgIpc) is 2.07. The normalized spacial score (nSPS) is 9.85. The first kappa shape index (κ1) is 12.0. The van der Waals surface area contributed by atoms with Crippen LogP contribution in [0.5, 0.6) is 0 Å². The molecular weight excluding hydrogens is 188 g/mol. The second kappa shape index (κ2) is 5.65. The van der Waals surface area contributed by atoms with Crippen molar-refractivity contribution in [2.45, 2.75) is 20.8 Å². The Balaban J connectivity index is 0.000000223. The highest BCUT2D eigenvalue weighted by molar-refractivity contribution is 6.64. The van der Waals surface area contributed by atoms with E-state index in [1.165, 1.54) is 6.33 Å². The first-order valence-corrected chi connectivity index (χ1v) is 4.22. The average molecular weight is 201 g/mol. The van der Waals surface area contributed by atoms with Crippen molar-refractivity contribution in [1.29, 1.82) is 0 Å². The highest BCUT2D eigenvalue weighted by atomic mass is 35.5. The van der Waals surface area contributed by atoms with Crippen LogP contribution in [0.25, 0.3) is 0 Å². The summed E-state index contributed by atoms with van der Waals surface area (Å²) >= 11 is 5.11. The Morgan fingerprint density at radius 3 is 1.69 bits per heavy atom. The lowest BCUT2D eigenvalue weighted by atomic mass is 10.00. The van der Waals surface area contributed by atoms with Gasteiger partial charge >= 0.3 is 0 Å². The molecule has 1 aromatic heterocycles. The van der Waals surface area contributed by atoms with Crippen LogP contribution >= 0.6 is 11.6 Å². The number of carbonyl (C=O) groups is 1. The molecule has 0 fully saturated rings. The maximum atomic E-state index is 10.2. The van der Waals surface area contributed by atoms with E-state index in [0.717, 1.165) is 0 Å². The molecule has 72 valence electrons. The SMILES string of the molecule is CC(C)(C)C(=O)Cl.c1cncnc1. The Morgan fingerprint density at radius 1 is 1.23 bits per heavy atom. The maximum absolute atomic E-state index is 10.2. The molecule has 1 heterocycles. The molecule has 4 heteroatoms. The maximum Gasteiger partial charge on any atom is 0.226 e. The van der Waals surface area contributed by atoms with Crippen LogP contribution in [0.1, 0.15) is 20.8 Å². The van der Waals surface area contributed by atoms with Gasteiger partial charge in [-0.2, -0.15) is 0 Å². The Hall–Kier alpha value is -0.960. The van der Waals surface area contributed by atoms with Crippen molar-refractivity contribution >= 4 is 16.8 Å². The Morgan fingerprint density at radius 2 is 1.62 bits per heavy atom. The summed E-state index contributed by atoms with van der Waals surface area (Å²) in [5, 5.41) is -0.285. The van der Waals surface area contributed by atoms with Gasteiger partial charge in [-0.05, 0) is 17.7 Å². The minimum atomic E-state index is -0.373. The van der Waals surface area contributed by atoms with Gasteiger partial charge in [0.2, 0.25) is 5.24 Å². The summed E-state index contributed by atoms with van der Waals surface area (Å²) < 4.78 is 0. The molecule has 0 aliphatic carbocycles. The first-order chi connectivity index (χ1) is 5.94. The van der Waals surface area contributed by atoms with E-state index in [1.807, 2.05) is 0 Å². The molecule has 0 aliphatic heterocycles. The molecule has 13 heavy (non-hydrogen) atoms. The van der Waals surface area contributed by atoms with Crippen LogP contribution in [0, 0.1) is 5.41 Å². The van der Waals surface area contributed by atoms with E-state index < -0.39 is 0 Å². The molecule has 0 radical (unpaired) electrons. The topological polar surface area (TPSA) is 42.9 Å². The molecule has 0 atom stereocenters. The number of halogens is 1. The summed E-state index contributed by atoms with van der Waals surface area (Å²) in [5.74, 6) is 0. The van der Waals surface area contributed by atoms with E-state index in [0.29, 0.717) is 0 Å². The van der Waals surface area contributed by atoms with Crippen LogP contribution in [0.3, 0.4) is 0 Å². The summed E-state index contributed by atoms with van der Waals surface area (Å²) in [7, 11) is 0. The van der Waals surface area contributed by atoms with Crippen molar-refractivity contribution in [1.82, 2.24) is 9.97 Å². The zero-order chi connectivity index (χ0) is 10.3.